The monoisotopic (exact) mass is 311 g/mol. The molecule has 120 valence electrons. The van der Waals surface area contributed by atoms with E-state index in [-0.39, 0.29) is 12.3 Å². The maximum absolute atomic E-state index is 12.4. The van der Waals surface area contributed by atoms with Crippen LogP contribution in [0.15, 0.2) is 48.5 Å². The highest BCUT2D eigenvalue weighted by atomic mass is 16.4. The van der Waals surface area contributed by atoms with Crippen molar-refractivity contribution in [1.82, 2.24) is 0 Å². The van der Waals surface area contributed by atoms with E-state index in [0.29, 0.717) is 5.56 Å². The van der Waals surface area contributed by atoms with E-state index in [1.165, 1.54) is 0 Å². The first-order valence-corrected chi connectivity index (χ1v) is 7.49. The Kier molecular flexibility index (Phi) is 4.84. The number of rotatable bonds is 5. The standard InChI is InChI=1S/C19H21NO3/c1-13-9-10-14(2)16(11-13)20-17(21)12-19(3,18(22)23)15-7-5-4-6-8-15/h4-11H,12H2,1-3H3,(H,20,21)(H,22,23). The van der Waals surface area contributed by atoms with Crippen molar-refractivity contribution in [3.8, 4) is 0 Å². The van der Waals surface area contributed by atoms with Gasteiger partial charge >= 0.3 is 5.97 Å². The van der Waals surface area contributed by atoms with Gasteiger partial charge in [0, 0.05) is 12.1 Å². The number of carbonyl (C=O) groups excluding carboxylic acids is 1. The number of hydrogen-bond acceptors (Lipinski definition) is 2. The van der Waals surface area contributed by atoms with Gasteiger partial charge in [0.05, 0.1) is 5.41 Å². The topological polar surface area (TPSA) is 66.4 Å². The summed E-state index contributed by atoms with van der Waals surface area (Å²) in [5.41, 5.74) is 2.05. The summed E-state index contributed by atoms with van der Waals surface area (Å²) in [5, 5.41) is 12.4. The number of anilines is 1. The highest BCUT2D eigenvalue weighted by molar-refractivity contribution is 5.96. The van der Waals surface area contributed by atoms with Crippen LogP contribution in [-0.2, 0) is 15.0 Å². The molecule has 0 fully saturated rings. The molecular weight excluding hydrogens is 290 g/mol. The van der Waals surface area contributed by atoms with Crippen molar-refractivity contribution in [1.29, 1.82) is 0 Å². The van der Waals surface area contributed by atoms with Gasteiger partial charge in [-0.25, -0.2) is 0 Å². The van der Waals surface area contributed by atoms with Gasteiger partial charge in [-0.15, -0.1) is 0 Å². The molecule has 0 saturated carbocycles. The number of benzene rings is 2. The molecule has 2 aromatic rings. The summed E-state index contributed by atoms with van der Waals surface area (Å²) >= 11 is 0. The Balaban J connectivity index is 2.22. The molecule has 1 atom stereocenters. The van der Waals surface area contributed by atoms with Crippen molar-refractivity contribution < 1.29 is 14.7 Å². The molecule has 2 N–H and O–H groups in total. The second-order valence-corrected chi connectivity index (χ2v) is 6.05. The Labute approximate surface area is 136 Å². The largest absolute Gasteiger partial charge is 0.481 e. The van der Waals surface area contributed by atoms with E-state index in [2.05, 4.69) is 5.32 Å². The van der Waals surface area contributed by atoms with Gasteiger partial charge in [-0.2, -0.15) is 0 Å². The number of aryl methyl sites for hydroxylation is 2. The number of carboxylic acids is 1. The number of carboxylic acid groups (broad SMARTS) is 1. The van der Waals surface area contributed by atoms with Gasteiger partial charge in [-0.05, 0) is 43.5 Å². The fraction of sp³-hybridized carbons (Fsp3) is 0.263. The van der Waals surface area contributed by atoms with Gasteiger partial charge in [0.25, 0.3) is 0 Å². The summed E-state index contributed by atoms with van der Waals surface area (Å²) in [5.74, 6) is -1.33. The molecule has 1 unspecified atom stereocenters. The van der Waals surface area contributed by atoms with Crippen LogP contribution in [0.1, 0.15) is 30.0 Å². The van der Waals surface area contributed by atoms with E-state index in [1.54, 1.807) is 31.2 Å². The summed E-state index contributed by atoms with van der Waals surface area (Å²) in [6, 6.07) is 14.6. The third-order valence-corrected chi connectivity index (χ3v) is 4.06. The van der Waals surface area contributed by atoms with E-state index < -0.39 is 11.4 Å². The quantitative estimate of drug-likeness (QED) is 0.885. The van der Waals surface area contributed by atoms with Gasteiger partial charge in [0.2, 0.25) is 5.91 Å². The molecule has 0 aliphatic carbocycles. The Morgan fingerprint density at radius 3 is 2.35 bits per heavy atom. The van der Waals surface area contributed by atoms with Gasteiger partial charge in [0.15, 0.2) is 0 Å². The number of aliphatic carboxylic acids is 1. The molecule has 2 rings (SSSR count). The number of hydrogen-bond donors (Lipinski definition) is 2. The third kappa shape index (κ3) is 3.77. The van der Waals surface area contributed by atoms with E-state index in [0.717, 1.165) is 16.8 Å². The maximum atomic E-state index is 12.4. The average Bonchev–Trinajstić information content (AvgIpc) is 2.51. The fourth-order valence-electron chi connectivity index (χ4n) is 2.49. The van der Waals surface area contributed by atoms with Gasteiger partial charge in [-0.1, -0.05) is 42.5 Å². The summed E-state index contributed by atoms with van der Waals surface area (Å²) in [6.45, 7) is 5.43. The Morgan fingerprint density at radius 1 is 1.09 bits per heavy atom. The summed E-state index contributed by atoms with van der Waals surface area (Å²) in [4.78, 5) is 24.1. The minimum Gasteiger partial charge on any atom is -0.481 e. The zero-order valence-corrected chi connectivity index (χ0v) is 13.6. The van der Waals surface area contributed by atoms with E-state index in [4.69, 9.17) is 0 Å². The molecule has 0 bridgehead atoms. The van der Waals surface area contributed by atoms with Crippen LogP contribution in [-0.4, -0.2) is 17.0 Å². The lowest BCUT2D eigenvalue weighted by molar-refractivity contribution is -0.145. The molecule has 23 heavy (non-hydrogen) atoms. The predicted octanol–water partition coefficient (Wildman–Crippen LogP) is 3.67. The molecule has 0 spiro atoms. The molecule has 0 aliphatic rings. The molecule has 1 amide bonds. The smallest absolute Gasteiger partial charge is 0.314 e. The fourth-order valence-corrected chi connectivity index (χ4v) is 2.49. The van der Waals surface area contributed by atoms with Gasteiger partial charge in [-0.3, -0.25) is 9.59 Å². The first-order valence-electron chi connectivity index (χ1n) is 7.49. The Bertz CT molecular complexity index is 725. The zero-order chi connectivity index (χ0) is 17.0. The summed E-state index contributed by atoms with van der Waals surface area (Å²) in [6.07, 6.45) is -0.125. The normalized spacial score (nSPS) is 13.2. The maximum Gasteiger partial charge on any atom is 0.314 e. The lowest BCUT2D eigenvalue weighted by Crippen LogP contribution is -2.36. The van der Waals surface area contributed by atoms with Crippen molar-refractivity contribution in [3.63, 3.8) is 0 Å². The zero-order valence-electron chi connectivity index (χ0n) is 13.6. The molecule has 4 nitrogen and oxygen atoms in total. The lowest BCUT2D eigenvalue weighted by atomic mass is 9.79. The molecule has 0 radical (unpaired) electrons. The molecule has 0 saturated heterocycles. The molecule has 4 heteroatoms. The Hall–Kier alpha value is -2.62. The molecule has 0 aromatic heterocycles. The van der Waals surface area contributed by atoms with E-state index in [1.807, 2.05) is 38.1 Å². The van der Waals surface area contributed by atoms with Crippen LogP contribution < -0.4 is 5.32 Å². The highest BCUT2D eigenvalue weighted by Crippen LogP contribution is 2.29. The van der Waals surface area contributed by atoms with Crippen molar-refractivity contribution in [2.24, 2.45) is 0 Å². The van der Waals surface area contributed by atoms with Crippen LogP contribution in [0.25, 0.3) is 0 Å². The minimum absolute atomic E-state index is 0.125. The van der Waals surface area contributed by atoms with E-state index >= 15 is 0 Å². The van der Waals surface area contributed by atoms with Crippen LogP contribution >= 0.6 is 0 Å². The number of carbonyl (C=O) groups is 2. The van der Waals surface area contributed by atoms with Crippen molar-refractivity contribution in [2.45, 2.75) is 32.6 Å². The average molecular weight is 311 g/mol. The first-order chi connectivity index (χ1) is 10.8. The van der Waals surface area contributed by atoms with Crippen LogP contribution in [0.4, 0.5) is 5.69 Å². The van der Waals surface area contributed by atoms with E-state index in [9.17, 15) is 14.7 Å². The van der Waals surface area contributed by atoms with Crippen LogP contribution in [0.3, 0.4) is 0 Å². The van der Waals surface area contributed by atoms with Crippen LogP contribution in [0.5, 0.6) is 0 Å². The van der Waals surface area contributed by atoms with Gasteiger partial charge in [0.1, 0.15) is 0 Å². The molecule has 0 heterocycles. The Morgan fingerprint density at radius 2 is 1.74 bits per heavy atom. The molecular formula is C19H21NO3. The minimum atomic E-state index is -1.26. The second-order valence-electron chi connectivity index (χ2n) is 6.05. The molecule has 0 aliphatic heterocycles. The van der Waals surface area contributed by atoms with Crippen molar-refractivity contribution >= 4 is 17.6 Å². The predicted molar refractivity (Wildman–Crippen MR) is 90.6 cm³/mol. The lowest BCUT2D eigenvalue weighted by Gasteiger charge is -2.25. The molecule has 2 aromatic carbocycles. The second kappa shape index (κ2) is 6.65. The van der Waals surface area contributed by atoms with Crippen molar-refractivity contribution in [2.75, 3.05) is 5.32 Å². The summed E-state index contributed by atoms with van der Waals surface area (Å²) < 4.78 is 0. The SMILES string of the molecule is Cc1ccc(C)c(NC(=O)CC(C)(C(=O)O)c2ccccc2)c1. The third-order valence-electron chi connectivity index (χ3n) is 4.06. The van der Waals surface area contributed by atoms with Crippen molar-refractivity contribution in [3.05, 3.63) is 65.2 Å². The first kappa shape index (κ1) is 16.7. The highest BCUT2D eigenvalue weighted by Gasteiger charge is 2.37. The number of nitrogens with one attached hydrogen (secondary N) is 1. The van der Waals surface area contributed by atoms with Crippen LogP contribution in [0, 0.1) is 13.8 Å². The van der Waals surface area contributed by atoms with Gasteiger partial charge < -0.3 is 10.4 Å². The number of amides is 1. The van der Waals surface area contributed by atoms with Crippen LogP contribution in [0.2, 0.25) is 0 Å². The summed E-state index contributed by atoms with van der Waals surface area (Å²) in [7, 11) is 0.